The molecule has 7 heteroatoms. The smallest absolute Gasteiger partial charge is 0.271 e. The Bertz CT molecular complexity index is 712. The number of likely N-dealkylation sites (N-methyl/N-ethyl adjacent to an activating group) is 1. The predicted molar refractivity (Wildman–Crippen MR) is 87.8 cm³/mol. The van der Waals surface area contributed by atoms with Gasteiger partial charge in [0.05, 0.1) is 12.7 Å². The Hall–Kier alpha value is -1.41. The van der Waals surface area contributed by atoms with E-state index in [9.17, 15) is 8.42 Å². The van der Waals surface area contributed by atoms with Gasteiger partial charge in [-0.2, -0.15) is 0 Å². The monoisotopic (exact) mass is 338 g/mol. The van der Waals surface area contributed by atoms with Crippen molar-refractivity contribution in [3.63, 3.8) is 0 Å². The number of morpholine rings is 1. The highest BCUT2D eigenvalue weighted by molar-refractivity contribution is 7.94. The highest BCUT2D eigenvalue weighted by Gasteiger charge is 2.20. The third-order valence-corrected chi connectivity index (χ3v) is 6.34. The Labute approximate surface area is 134 Å². The van der Waals surface area contributed by atoms with Gasteiger partial charge >= 0.3 is 0 Å². The molecule has 0 radical (unpaired) electrons. The summed E-state index contributed by atoms with van der Waals surface area (Å²) in [6.45, 7) is 2.50. The number of rotatable bonds is 4. The zero-order chi connectivity index (χ0) is 15.6. The van der Waals surface area contributed by atoms with E-state index in [2.05, 4.69) is 16.7 Å². The normalized spacial score (nSPS) is 20.0. The molecule has 1 aromatic carbocycles. The van der Waals surface area contributed by atoms with E-state index in [1.54, 1.807) is 29.6 Å². The van der Waals surface area contributed by atoms with Crippen LogP contribution in [-0.2, 0) is 14.8 Å². The average Bonchev–Trinajstić information content (AvgIpc) is 3.03. The first kappa shape index (κ1) is 15.5. The third-order valence-electron chi connectivity index (χ3n) is 3.56. The molecule has 1 aromatic heterocycles. The molecule has 1 aliphatic rings. The van der Waals surface area contributed by atoms with Gasteiger partial charge in [-0.15, -0.1) is 11.3 Å². The summed E-state index contributed by atoms with van der Waals surface area (Å²) in [5.41, 5.74) is 1.62. The molecule has 1 N–H and O–H groups in total. The molecule has 0 spiro atoms. The molecule has 1 fully saturated rings. The van der Waals surface area contributed by atoms with E-state index in [1.807, 2.05) is 12.1 Å². The maximum absolute atomic E-state index is 12.2. The Morgan fingerprint density at radius 3 is 2.68 bits per heavy atom. The first-order chi connectivity index (χ1) is 10.5. The summed E-state index contributed by atoms with van der Waals surface area (Å²) < 4.78 is 33.0. The number of nitrogens with one attached hydrogen (secondary N) is 1. The Kier molecular flexibility index (Phi) is 4.49. The quantitative estimate of drug-likeness (QED) is 0.931. The van der Waals surface area contributed by atoms with Crippen LogP contribution in [0.5, 0.6) is 0 Å². The number of ether oxygens (including phenoxy) is 1. The van der Waals surface area contributed by atoms with Crippen LogP contribution in [0.2, 0.25) is 0 Å². The van der Waals surface area contributed by atoms with E-state index < -0.39 is 10.0 Å². The predicted octanol–water partition coefficient (Wildman–Crippen LogP) is 2.55. The van der Waals surface area contributed by atoms with Crippen LogP contribution in [0.25, 0.3) is 0 Å². The van der Waals surface area contributed by atoms with Crippen molar-refractivity contribution in [2.45, 2.75) is 10.3 Å². The minimum Gasteiger partial charge on any atom is -0.371 e. The lowest BCUT2D eigenvalue weighted by Gasteiger charge is -2.30. The lowest BCUT2D eigenvalue weighted by Crippen LogP contribution is -2.35. The molecule has 0 saturated carbocycles. The van der Waals surface area contributed by atoms with Gasteiger partial charge in [0, 0.05) is 18.8 Å². The summed E-state index contributed by atoms with van der Waals surface area (Å²) in [5, 5.41) is 1.74. The molecule has 1 atom stereocenters. The molecule has 0 aliphatic carbocycles. The lowest BCUT2D eigenvalue weighted by molar-refractivity contribution is -0.0208. The summed E-state index contributed by atoms with van der Waals surface area (Å²) in [6, 6.07) is 10.7. The van der Waals surface area contributed by atoms with Crippen LogP contribution in [0.15, 0.2) is 46.0 Å². The first-order valence-electron chi connectivity index (χ1n) is 7.01. The van der Waals surface area contributed by atoms with E-state index in [4.69, 9.17) is 4.74 Å². The molecule has 2 heterocycles. The van der Waals surface area contributed by atoms with Gasteiger partial charge in [-0.05, 0) is 36.2 Å². The molecule has 0 bridgehead atoms. The minimum absolute atomic E-state index is 0.0432. The molecule has 118 valence electrons. The van der Waals surface area contributed by atoms with Gasteiger partial charge in [-0.3, -0.25) is 4.72 Å². The molecular formula is C15H18N2O3S2. The van der Waals surface area contributed by atoms with Crippen molar-refractivity contribution < 1.29 is 13.2 Å². The second kappa shape index (κ2) is 6.37. The lowest BCUT2D eigenvalue weighted by atomic mass is 10.1. The van der Waals surface area contributed by atoms with Crippen molar-refractivity contribution in [3.8, 4) is 0 Å². The fourth-order valence-electron chi connectivity index (χ4n) is 2.37. The standard InChI is InChI=1S/C15H18N2O3S2/c1-17-8-9-20-14(11-17)12-4-6-13(7-5-12)16-22(18,19)15-3-2-10-21-15/h2-7,10,14,16H,8-9,11H2,1H3. The average molecular weight is 338 g/mol. The number of hydrogen-bond acceptors (Lipinski definition) is 5. The van der Waals surface area contributed by atoms with E-state index in [-0.39, 0.29) is 6.10 Å². The number of nitrogens with zero attached hydrogens (tertiary/aromatic N) is 1. The van der Waals surface area contributed by atoms with Crippen molar-refractivity contribution in [1.82, 2.24) is 4.90 Å². The number of hydrogen-bond donors (Lipinski definition) is 1. The molecule has 0 amide bonds. The number of thiophene rings is 1. The second-order valence-electron chi connectivity index (χ2n) is 5.28. The molecule has 22 heavy (non-hydrogen) atoms. The maximum Gasteiger partial charge on any atom is 0.271 e. The van der Waals surface area contributed by atoms with Crippen molar-refractivity contribution >= 4 is 27.0 Å². The Morgan fingerprint density at radius 2 is 2.05 bits per heavy atom. The Morgan fingerprint density at radius 1 is 1.27 bits per heavy atom. The number of benzene rings is 1. The summed E-state index contributed by atoms with van der Waals surface area (Å²) in [6.07, 6.45) is 0.0432. The highest BCUT2D eigenvalue weighted by atomic mass is 32.2. The molecule has 1 saturated heterocycles. The van der Waals surface area contributed by atoms with Crippen LogP contribution >= 0.6 is 11.3 Å². The summed E-state index contributed by atoms with van der Waals surface area (Å²) >= 11 is 1.20. The fourth-order valence-corrected chi connectivity index (χ4v) is 4.42. The SMILES string of the molecule is CN1CCOC(c2ccc(NS(=O)(=O)c3cccs3)cc2)C1. The van der Waals surface area contributed by atoms with Crippen molar-refractivity contribution in [1.29, 1.82) is 0 Å². The van der Waals surface area contributed by atoms with Gasteiger partial charge in [0.1, 0.15) is 4.21 Å². The van der Waals surface area contributed by atoms with Crippen LogP contribution in [-0.4, -0.2) is 40.1 Å². The second-order valence-corrected chi connectivity index (χ2v) is 8.14. The van der Waals surface area contributed by atoms with E-state index in [0.29, 0.717) is 16.5 Å². The zero-order valence-electron chi connectivity index (χ0n) is 12.2. The summed E-state index contributed by atoms with van der Waals surface area (Å²) in [4.78, 5) is 2.22. The Balaban J connectivity index is 1.72. The molecule has 1 unspecified atom stereocenters. The van der Waals surface area contributed by atoms with Crippen LogP contribution in [0, 0.1) is 0 Å². The minimum atomic E-state index is -3.49. The van der Waals surface area contributed by atoms with E-state index >= 15 is 0 Å². The summed E-state index contributed by atoms with van der Waals surface area (Å²) in [7, 11) is -1.42. The first-order valence-corrected chi connectivity index (χ1v) is 9.37. The van der Waals surface area contributed by atoms with Crippen LogP contribution in [0.1, 0.15) is 11.7 Å². The van der Waals surface area contributed by atoms with Gasteiger partial charge < -0.3 is 9.64 Å². The van der Waals surface area contributed by atoms with Crippen LogP contribution in [0.4, 0.5) is 5.69 Å². The maximum atomic E-state index is 12.2. The number of sulfonamides is 1. The molecule has 2 aromatic rings. The van der Waals surface area contributed by atoms with Crippen LogP contribution < -0.4 is 4.72 Å². The van der Waals surface area contributed by atoms with Gasteiger partial charge in [0.2, 0.25) is 0 Å². The topological polar surface area (TPSA) is 58.6 Å². The molecule has 3 rings (SSSR count). The number of anilines is 1. The molecule has 1 aliphatic heterocycles. The van der Waals surface area contributed by atoms with E-state index in [0.717, 1.165) is 18.7 Å². The van der Waals surface area contributed by atoms with Crippen molar-refractivity contribution in [2.75, 3.05) is 31.5 Å². The van der Waals surface area contributed by atoms with Crippen LogP contribution in [0.3, 0.4) is 0 Å². The van der Waals surface area contributed by atoms with Gasteiger partial charge in [-0.1, -0.05) is 18.2 Å². The zero-order valence-corrected chi connectivity index (χ0v) is 13.9. The van der Waals surface area contributed by atoms with Gasteiger partial charge in [0.25, 0.3) is 10.0 Å². The van der Waals surface area contributed by atoms with Crippen molar-refractivity contribution in [3.05, 3.63) is 47.3 Å². The van der Waals surface area contributed by atoms with Gasteiger partial charge in [0.15, 0.2) is 0 Å². The van der Waals surface area contributed by atoms with Gasteiger partial charge in [-0.25, -0.2) is 8.42 Å². The largest absolute Gasteiger partial charge is 0.371 e. The van der Waals surface area contributed by atoms with Crippen molar-refractivity contribution in [2.24, 2.45) is 0 Å². The molecular weight excluding hydrogens is 320 g/mol. The summed E-state index contributed by atoms with van der Waals surface area (Å²) in [5.74, 6) is 0. The third kappa shape index (κ3) is 3.49. The molecule has 5 nitrogen and oxygen atoms in total. The van der Waals surface area contributed by atoms with E-state index in [1.165, 1.54) is 11.3 Å². The highest BCUT2D eigenvalue weighted by Crippen LogP contribution is 2.25. The fraction of sp³-hybridized carbons (Fsp3) is 0.333.